The van der Waals surface area contributed by atoms with Crippen molar-refractivity contribution in [3.05, 3.63) is 222 Å². The summed E-state index contributed by atoms with van der Waals surface area (Å²) in [5, 5.41) is 2.36. The summed E-state index contributed by atoms with van der Waals surface area (Å²) in [6.07, 6.45) is 0. The highest BCUT2D eigenvalue weighted by Crippen LogP contribution is 2.58. The molecule has 0 spiro atoms. The van der Waals surface area contributed by atoms with E-state index in [1.165, 1.54) is 44.2 Å². The number of aromatic nitrogens is 3. The minimum absolute atomic E-state index is 0.546. The summed E-state index contributed by atoms with van der Waals surface area (Å²) in [6.45, 7) is 0. The molecule has 0 amide bonds. The van der Waals surface area contributed by atoms with Crippen LogP contribution in [0.2, 0.25) is 0 Å². The summed E-state index contributed by atoms with van der Waals surface area (Å²) >= 11 is 0. The van der Waals surface area contributed by atoms with E-state index in [2.05, 4.69) is 164 Å². The SMILES string of the molecule is c1ccc(-c2nc(-c3ccccc3)nc(-c3cc4c(cc3-c3cccc5ccccc35)C(c3ccccc3)(c3ccccc3)c3ccccc3-4)n2)cc1. The van der Waals surface area contributed by atoms with E-state index in [-0.39, 0.29) is 0 Å². The van der Waals surface area contributed by atoms with Crippen LogP contribution in [-0.4, -0.2) is 15.0 Å². The van der Waals surface area contributed by atoms with Crippen LogP contribution in [0.15, 0.2) is 200 Å². The molecule has 1 aromatic heterocycles. The normalized spacial score (nSPS) is 12.7. The molecule has 0 radical (unpaired) electrons. The highest BCUT2D eigenvalue weighted by Gasteiger charge is 2.46. The molecule has 0 saturated carbocycles. The first-order chi connectivity index (χ1) is 26.3. The average molecular weight is 676 g/mol. The summed E-state index contributed by atoms with van der Waals surface area (Å²) in [4.78, 5) is 15.6. The molecule has 0 unspecified atom stereocenters. The molecule has 0 fully saturated rings. The third-order valence-electron chi connectivity index (χ3n) is 10.6. The molecule has 0 N–H and O–H groups in total. The second-order valence-electron chi connectivity index (χ2n) is 13.5. The van der Waals surface area contributed by atoms with Gasteiger partial charge < -0.3 is 0 Å². The zero-order chi connectivity index (χ0) is 35.2. The van der Waals surface area contributed by atoms with Crippen LogP contribution in [0.3, 0.4) is 0 Å². The molecule has 1 aliphatic carbocycles. The second-order valence-corrected chi connectivity index (χ2v) is 13.5. The summed E-state index contributed by atoms with van der Waals surface area (Å²) < 4.78 is 0. The first-order valence-corrected chi connectivity index (χ1v) is 18.0. The van der Waals surface area contributed by atoms with Gasteiger partial charge in [0, 0.05) is 16.7 Å². The van der Waals surface area contributed by atoms with Gasteiger partial charge in [-0.05, 0) is 67.4 Å². The highest BCUT2D eigenvalue weighted by molar-refractivity contribution is 6.02. The molecule has 0 bridgehead atoms. The van der Waals surface area contributed by atoms with Crippen LogP contribution in [0, 0.1) is 0 Å². The number of hydrogen-bond donors (Lipinski definition) is 0. The quantitative estimate of drug-likeness (QED) is 0.176. The van der Waals surface area contributed by atoms with Crippen molar-refractivity contribution in [1.82, 2.24) is 15.0 Å². The number of rotatable bonds is 6. The van der Waals surface area contributed by atoms with Crippen LogP contribution in [0.1, 0.15) is 22.3 Å². The van der Waals surface area contributed by atoms with E-state index in [0.717, 1.165) is 27.8 Å². The van der Waals surface area contributed by atoms with Crippen molar-refractivity contribution in [3.8, 4) is 56.4 Å². The molecule has 9 aromatic rings. The maximum Gasteiger partial charge on any atom is 0.164 e. The van der Waals surface area contributed by atoms with Crippen LogP contribution in [0.25, 0.3) is 67.2 Å². The Balaban J connectivity index is 1.35. The third-order valence-corrected chi connectivity index (χ3v) is 10.6. The highest BCUT2D eigenvalue weighted by atomic mass is 15.0. The first-order valence-electron chi connectivity index (χ1n) is 18.0. The molecule has 10 rings (SSSR count). The van der Waals surface area contributed by atoms with Crippen LogP contribution >= 0.6 is 0 Å². The van der Waals surface area contributed by atoms with Gasteiger partial charge in [-0.3, -0.25) is 0 Å². The number of fused-ring (bicyclic) bond motifs is 4. The van der Waals surface area contributed by atoms with E-state index in [4.69, 9.17) is 15.0 Å². The fraction of sp³-hybridized carbons (Fsp3) is 0.0200. The van der Waals surface area contributed by atoms with Gasteiger partial charge in [-0.1, -0.05) is 188 Å². The van der Waals surface area contributed by atoms with Gasteiger partial charge in [0.25, 0.3) is 0 Å². The van der Waals surface area contributed by atoms with Crippen molar-refractivity contribution in [3.63, 3.8) is 0 Å². The average Bonchev–Trinajstić information content (AvgIpc) is 3.54. The maximum atomic E-state index is 5.28. The molecular formula is C50H33N3. The topological polar surface area (TPSA) is 38.7 Å². The zero-order valence-corrected chi connectivity index (χ0v) is 28.9. The van der Waals surface area contributed by atoms with Crippen molar-refractivity contribution in [2.24, 2.45) is 0 Å². The third kappa shape index (κ3) is 5.01. The van der Waals surface area contributed by atoms with Crippen molar-refractivity contribution < 1.29 is 0 Å². The van der Waals surface area contributed by atoms with Gasteiger partial charge in [-0.2, -0.15) is 0 Å². The van der Waals surface area contributed by atoms with Gasteiger partial charge in [0.05, 0.1) is 5.41 Å². The Kier molecular flexibility index (Phi) is 7.36. The summed E-state index contributed by atoms with van der Waals surface area (Å²) in [5.41, 5.74) is 11.9. The predicted molar refractivity (Wildman–Crippen MR) is 216 cm³/mol. The van der Waals surface area contributed by atoms with E-state index >= 15 is 0 Å². The summed E-state index contributed by atoms with van der Waals surface area (Å²) in [6, 6.07) is 71.2. The maximum absolute atomic E-state index is 5.28. The lowest BCUT2D eigenvalue weighted by atomic mass is 9.67. The van der Waals surface area contributed by atoms with Gasteiger partial charge >= 0.3 is 0 Å². The molecule has 0 atom stereocenters. The first kappa shape index (κ1) is 30.8. The predicted octanol–water partition coefficient (Wildman–Crippen LogP) is 12.1. The van der Waals surface area contributed by atoms with Gasteiger partial charge in [0.1, 0.15) is 0 Å². The lowest BCUT2D eigenvalue weighted by molar-refractivity contribution is 0.769. The molecule has 3 heteroatoms. The number of hydrogen-bond acceptors (Lipinski definition) is 3. The Bertz CT molecular complexity index is 2660. The second kappa shape index (κ2) is 12.7. The van der Waals surface area contributed by atoms with E-state index in [9.17, 15) is 0 Å². The van der Waals surface area contributed by atoms with Crippen LogP contribution in [0.4, 0.5) is 0 Å². The lowest BCUT2D eigenvalue weighted by Gasteiger charge is -2.34. The van der Waals surface area contributed by atoms with Gasteiger partial charge in [-0.15, -0.1) is 0 Å². The molecule has 53 heavy (non-hydrogen) atoms. The molecular weight excluding hydrogens is 643 g/mol. The van der Waals surface area contributed by atoms with Crippen LogP contribution in [-0.2, 0) is 5.41 Å². The van der Waals surface area contributed by atoms with Crippen molar-refractivity contribution >= 4 is 10.8 Å². The Labute approximate surface area is 309 Å². The van der Waals surface area contributed by atoms with E-state index in [1.807, 2.05) is 36.4 Å². The summed E-state index contributed by atoms with van der Waals surface area (Å²) in [5.74, 6) is 1.92. The Morgan fingerprint density at radius 2 is 0.792 bits per heavy atom. The van der Waals surface area contributed by atoms with Crippen molar-refractivity contribution in [1.29, 1.82) is 0 Å². The molecule has 0 aliphatic heterocycles. The molecule has 248 valence electrons. The van der Waals surface area contributed by atoms with Crippen molar-refractivity contribution in [2.45, 2.75) is 5.41 Å². The van der Waals surface area contributed by atoms with E-state index in [0.29, 0.717) is 17.5 Å². The standard InChI is InChI=1S/C50H33N3/c1-5-19-35(20-6-1)47-51-48(36-21-7-2-8-22-36)53-49(52-47)44-32-43-41-29-15-16-31-45(41)50(37-24-9-3-10-25-37,38-26-11-4-12-27-38)46(43)33-42(44)40-30-17-23-34-18-13-14-28-39(34)40/h1-33H. The van der Waals surface area contributed by atoms with Gasteiger partial charge in [-0.25, -0.2) is 15.0 Å². The number of nitrogens with zero attached hydrogens (tertiary/aromatic N) is 3. The van der Waals surface area contributed by atoms with Crippen LogP contribution in [0.5, 0.6) is 0 Å². The monoisotopic (exact) mass is 675 g/mol. The molecule has 1 heterocycles. The smallest absolute Gasteiger partial charge is 0.164 e. The number of benzene rings is 8. The fourth-order valence-electron chi connectivity index (χ4n) is 8.28. The minimum Gasteiger partial charge on any atom is -0.208 e. The zero-order valence-electron chi connectivity index (χ0n) is 28.9. The van der Waals surface area contributed by atoms with E-state index < -0.39 is 5.41 Å². The van der Waals surface area contributed by atoms with Gasteiger partial charge in [0.15, 0.2) is 17.5 Å². The Morgan fingerprint density at radius 3 is 1.43 bits per heavy atom. The fourth-order valence-corrected chi connectivity index (χ4v) is 8.28. The van der Waals surface area contributed by atoms with Gasteiger partial charge in [0.2, 0.25) is 0 Å². The molecule has 0 saturated heterocycles. The largest absolute Gasteiger partial charge is 0.208 e. The molecule has 8 aromatic carbocycles. The van der Waals surface area contributed by atoms with Crippen LogP contribution < -0.4 is 0 Å². The molecule has 3 nitrogen and oxygen atoms in total. The lowest BCUT2D eigenvalue weighted by Crippen LogP contribution is -2.28. The van der Waals surface area contributed by atoms with Crippen molar-refractivity contribution in [2.75, 3.05) is 0 Å². The minimum atomic E-state index is -0.546. The Morgan fingerprint density at radius 1 is 0.302 bits per heavy atom. The summed E-state index contributed by atoms with van der Waals surface area (Å²) in [7, 11) is 0. The van der Waals surface area contributed by atoms with E-state index in [1.54, 1.807) is 0 Å². The Hall–Kier alpha value is -6.97. The molecule has 1 aliphatic rings.